The summed E-state index contributed by atoms with van der Waals surface area (Å²) in [4.78, 5) is 4.40. The van der Waals surface area contributed by atoms with Crippen molar-refractivity contribution in [3.05, 3.63) is 51.1 Å². The number of rotatable bonds is 3. The lowest BCUT2D eigenvalue weighted by Crippen LogP contribution is -2.04. The van der Waals surface area contributed by atoms with E-state index in [-0.39, 0.29) is 0 Å². The molecule has 0 aliphatic carbocycles. The van der Waals surface area contributed by atoms with Gasteiger partial charge in [0.25, 0.3) is 0 Å². The molecule has 0 bridgehead atoms. The van der Waals surface area contributed by atoms with Gasteiger partial charge in [0.15, 0.2) is 0 Å². The SMILES string of the molecule is Cc1cc(C#N)cc(NCc2cc(Br)cc3c2OCC3)n1. The number of pyridine rings is 1. The molecule has 21 heavy (non-hydrogen) atoms. The van der Waals surface area contributed by atoms with Crippen LogP contribution in [0.1, 0.15) is 22.4 Å². The second kappa shape index (κ2) is 5.74. The van der Waals surface area contributed by atoms with Crippen molar-refractivity contribution in [3.8, 4) is 11.8 Å². The molecule has 1 aliphatic heterocycles. The van der Waals surface area contributed by atoms with Gasteiger partial charge in [-0.1, -0.05) is 15.9 Å². The van der Waals surface area contributed by atoms with E-state index in [2.05, 4.69) is 44.4 Å². The highest BCUT2D eigenvalue weighted by Gasteiger charge is 2.17. The molecule has 0 atom stereocenters. The number of nitriles is 1. The van der Waals surface area contributed by atoms with Crippen molar-refractivity contribution in [2.24, 2.45) is 0 Å². The molecule has 1 aromatic heterocycles. The lowest BCUT2D eigenvalue weighted by Gasteiger charge is -2.11. The molecule has 106 valence electrons. The minimum absolute atomic E-state index is 0.612. The Bertz CT molecular complexity index is 737. The van der Waals surface area contributed by atoms with Crippen molar-refractivity contribution in [2.75, 3.05) is 11.9 Å². The highest BCUT2D eigenvalue weighted by molar-refractivity contribution is 9.10. The molecule has 0 saturated heterocycles. The molecule has 0 spiro atoms. The molecular formula is C16H14BrN3O. The molecule has 0 unspecified atom stereocenters. The minimum Gasteiger partial charge on any atom is -0.493 e. The summed E-state index contributed by atoms with van der Waals surface area (Å²) in [6.45, 7) is 3.23. The van der Waals surface area contributed by atoms with Gasteiger partial charge in [-0.05, 0) is 36.8 Å². The fourth-order valence-electron chi connectivity index (χ4n) is 2.49. The maximum Gasteiger partial charge on any atom is 0.127 e. The average molecular weight is 344 g/mol. The zero-order chi connectivity index (χ0) is 14.8. The molecule has 2 aromatic rings. The molecule has 0 saturated carbocycles. The third kappa shape index (κ3) is 3.01. The first-order chi connectivity index (χ1) is 10.2. The van der Waals surface area contributed by atoms with Crippen LogP contribution in [0.3, 0.4) is 0 Å². The maximum atomic E-state index is 9.00. The van der Waals surface area contributed by atoms with E-state index < -0.39 is 0 Å². The van der Waals surface area contributed by atoms with Gasteiger partial charge in [0, 0.05) is 28.7 Å². The Hall–Kier alpha value is -2.06. The van der Waals surface area contributed by atoms with Crippen LogP contribution in [0.25, 0.3) is 0 Å². The highest BCUT2D eigenvalue weighted by Crippen LogP contribution is 2.33. The van der Waals surface area contributed by atoms with Crippen LogP contribution in [0.2, 0.25) is 0 Å². The first kappa shape index (κ1) is 13.9. The first-order valence-electron chi connectivity index (χ1n) is 6.72. The van der Waals surface area contributed by atoms with Crippen molar-refractivity contribution >= 4 is 21.7 Å². The van der Waals surface area contributed by atoms with Crippen molar-refractivity contribution in [1.82, 2.24) is 4.98 Å². The fourth-order valence-corrected chi connectivity index (χ4v) is 3.04. The number of nitrogens with one attached hydrogen (secondary N) is 1. The van der Waals surface area contributed by atoms with Gasteiger partial charge in [-0.25, -0.2) is 4.98 Å². The van der Waals surface area contributed by atoms with Gasteiger partial charge >= 0.3 is 0 Å². The third-order valence-electron chi connectivity index (χ3n) is 3.37. The first-order valence-corrected chi connectivity index (χ1v) is 7.52. The second-order valence-corrected chi connectivity index (χ2v) is 5.92. The highest BCUT2D eigenvalue weighted by atomic mass is 79.9. The molecule has 3 rings (SSSR count). The average Bonchev–Trinajstić information content (AvgIpc) is 2.92. The topological polar surface area (TPSA) is 57.9 Å². The number of benzene rings is 1. The Balaban J connectivity index is 1.83. The fraction of sp³-hybridized carbons (Fsp3) is 0.250. The summed E-state index contributed by atoms with van der Waals surface area (Å²) in [6.07, 6.45) is 0.947. The minimum atomic E-state index is 0.612. The van der Waals surface area contributed by atoms with Gasteiger partial charge in [-0.2, -0.15) is 5.26 Å². The van der Waals surface area contributed by atoms with Crippen molar-refractivity contribution < 1.29 is 4.74 Å². The zero-order valence-electron chi connectivity index (χ0n) is 11.6. The van der Waals surface area contributed by atoms with Crippen LogP contribution >= 0.6 is 15.9 Å². The quantitative estimate of drug-likeness (QED) is 0.925. The standard InChI is InChI=1S/C16H14BrN3O/c1-10-4-11(8-18)5-15(20-10)19-9-13-7-14(17)6-12-2-3-21-16(12)13/h4-7H,2-3,9H2,1H3,(H,19,20). The van der Waals surface area contributed by atoms with E-state index in [1.54, 1.807) is 12.1 Å². The van der Waals surface area contributed by atoms with Crippen molar-refractivity contribution in [3.63, 3.8) is 0 Å². The summed E-state index contributed by atoms with van der Waals surface area (Å²) in [5.41, 5.74) is 3.77. The molecule has 0 radical (unpaired) electrons. The van der Waals surface area contributed by atoms with Crippen LogP contribution in [-0.4, -0.2) is 11.6 Å². The maximum absolute atomic E-state index is 9.00. The predicted octanol–water partition coefficient (Wildman–Crippen LogP) is 3.57. The van der Waals surface area contributed by atoms with E-state index in [0.717, 1.165) is 34.5 Å². The van der Waals surface area contributed by atoms with Crippen LogP contribution in [0.5, 0.6) is 5.75 Å². The lowest BCUT2D eigenvalue weighted by atomic mass is 10.1. The number of anilines is 1. The molecule has 2 heterocycles. The molecule has 4 nitrogen and oxygen atoms in total. The molecule has 0 amide bonds. The van der Waals surface area contributed by atoms with E-state index in [1.807, 2.05) is 6.92 Å². The summed E-state index contributed by atoms with van der Waals surface area (Å²) < 4.78 is 6.76. The molecule has 1 aliphatic rings. The van der Waals surface area contributed by atoms with Crippen molar-refractivity contribution in [2.45, 2.75) is 19.9 Å². The van der Waals surface area contributed by atoms with E-state index in [4.69, 9.17) is 10.00 Å². The van der Waals surface area contributed by atoms with Gasteiger partial charge in [0.05, 0.1) is 18.2 Å². The molecule has 5 heteroatoms. The Morgan fingerprint density at radius 3 is 3.05 bits per heavy atom. The number of aromatic nitrogens is 1. The molecular weight excluding hydrogens is 330 g/mol. The van der Waals surface area contributed by atoms with Crippen molar-refractivity contribution in [1.29, 1.82) is 5.26 Å². The normalized spacial score (nSPS) is 12.4. The Kier molecular flexibility index (Phi) is 3.80. The van der Waals surface area contributed by atoms with Crippen LogP contribution in [0, 0.1) is 18.3 Å². The Labute approximate surface area is 131 Å². The van der Waals surface area contributed by atoms with Crippen LogP contribution in [-0.2, 0) is 13.0 Å². The molecule has 1 N–H and O–H groups in total. The number of ether oxygens (including phenoxy) is 1. The van der Waals surface area contributed by atoms with Gasteiger partial charge in [0.1, 0.15) is 11.6 Å². The summed E-state index contributed by atoms with van der Waals surface area (Å²) in [5, 5.41) is 12.3. The smallest absolute Gasteiger partial charge is 0.127 e. The summed E-state index contributed by atoms with van der Waals surface area (Å²) >= 11 is 3.53. The number of fused-ring (bicyclic) bond motifs is 1. The van der Waals surface area contributed by atoms with Gasteiger partial charge in [-0.15, -0.1) is 0 Å². The lowest BCUT2D eigenvalue weighted by molar-refractivity contribution is 0.354. The molecule has 0 fully saturated rings. The van der Waals surface area contributed by atoms with Crippen LogP contribution in [0.4, 0.5) is 5.82 Å². The largest absolute Gasteiger partial charge is 0.493 e. The van der Waals surface area contributed by atoms with E-state index in [1.165, 1.54) is 5.56 Å². The van der Waals surface area contributed by atoms with E-state index >= 15 is 0 Å². The summed E-state index contributed by atoms with van der Waals surface area (Å²) in [6, 6.07) is 9.83. The second-order valence-electron chi connectivity index (χ2n) is 5.00. The molecule has 1 aromatic carbocycles. The van der Waals surface area contributed by atoms with Gasteiger partial charge in [-0.3, -0.25) is 0 Å². The van der Waals surface area contributed by atoms with Gasteiger partial charge < -0.3 is 10.1 Å². The summed E-state index contributed by atoms with van der Waals surface area (Å²) in [5.74, 6) is 1.68. The van der Waals surface area contributed by atoms with Gasteiger partial charge in [0.2, 0.25) is 0 Å². The number of aryl methyl sites for hydroxylation is 1. The van der Waals surface area contributed by atoms with Crippen LogP contribution in [0.15, 0.2) is 28.7 Å². The van der Waals surface area contributed by atoms with Crippen LogP contribution < -0.4 is 10.1 Å². The Morgan fingerprint density at radius 2 is 2.24 bits per heavy atom. The zero-order valence-corrected chi connectivity index (χ0v) is 13.2. The number of nitrogens with zero attached hydrogens (tertiary/aromatic N) is 2. The third-order valence-corrected chi connectivity index (χ3v) is 3.83. The number of hydrogen-bond donors (Lipinski definition) is 1. The summed E-state index contributed by atoms with van der Waals surface area (Å²) in [7, 11) is 0. The van der Waals surface area contributed by atoms with E-state index in [9.17, 15) is 0 Å². The monoisotopic (exact) mass is 343 g/mol. The predicted molar refractivity (Wildman–Crippen MR) is 84.4 cm³/mol. The van der Waals surface area contributed by atoms with E-state index in [0.29, 0.717) is 17.9 Å². The Morgan fingerprint density at radius 1 is 1.38 bits per heavy atom. The number of halogens is 1. The number of hydrogen-bond acceptors (Lipinski definition) is 4.